The second-order valence-electron chi connectivity index (χ2n) is 2.97. The molecule has 2 aromatic heterocycles. The van der Waals surface area contributed by atoms with Gasteiger partial charge in [0, 0.05) is 24.8 Å². The fraction of sp³-hybridized carbons (Fsp3) is 0. The summed E-state index contributed by atoms with van der Waals surface area (Å²) in [4.78, 5) is 7.57. The van der Waals surface area contributed by atoms with Crippen molar-refractivity contribution < 1.29 is 53.6 Å². The quantitative estimate of drug-likeness (QED) is 0.765. The molecule has 0 saturated carbocycles. The molecule has 9 nitrogen and oxygen atoms in total. The molecule has 11 heteroatoms. The number of aromatic nitrogens is 2. The van der Waals surface area contributed by atoms with Crippen LogP contribution in [0.3, 0.4) is 0 Å². The van der Waals surface area contributed by atoms with Gasteiger partial charge < -0.3 is 0 Å². The number of pyridine rings is 2. The maximum absolute atomic E-state index is 9.53. The van der Waals surface area contributed by atoms with E-state index in [-0.39, 0.29) is 0 Å². The third-order valence-corrected chi connectivity index (χ3v) is 4.06. The maximum atomic E-state index is 9.53. The Bertz CT molecular complexity index is 561. The van der Waals surface area contributed by atoms with E-state index >= 15 is 0 Å². The molecule has 0 spiro atoms. The summed E-state index contributed by atoms with van der Waals surface area (Å²) in [5.74, 6) is 0. The molecule has 0 saturated heterocycles. The van der Waals surface area contributed by atoms with E-state index < -0.39 is 27.2 Å². The molecule has 0 fully saturated rings. The van der Waals surface area contributed by atoms with Crippen LogP contribution in [-0.4, -0.2) is 18.3 Å². The van der Waals surface area contributed by atoms with E-state index in [9.17, 15) is 15.2 Å². The summed E-state index contributed by atoms with van der Waals surface area (Å²) in [5, 5.41) is 0. The van der Waals surface area contributed by atoms with Gasteiger partial charge in [0.25, 0.3) is 0 Å². The Kier molecular flexibility index (Phi) is 9.46. The molecule has 0 aliphatic heterocycles. The Balaban J connectivity index is 0.000000293. The van der Waals surface area contributed by atoms with Crippen LogP contribution in [-0.2, 0) is 45.3 Å². The minimum atomic E-state index is -5.76. The van der Waals surface area contributed by atoms with E-state index in [4.69, 9.17) is 8.32 Å². The zero-order valence-corrected chi connectivity index (χ0v) is 13.0. The predicted molar refractivity (Wildman–Crippen MR) is 56.7 cm³/mol. The number of hydrogen-bond acceptors (Lipinski definition) is 7. The van der Waals surface area contributed by atoms with Crippen molar-refractivity contribution in [3.8, 4) is 0 Å². The minimum Gasteiger partial charge on any atom is -0.265 e. The Morgan fingerprint density at radius 1 is 0.619 bits per heavy atom. The van der Waals surface area contributed by atoms with Gasteiger partial charge in [-0.2, -0.15) is 0 Å². The van der Waals surface area contributed by atoms with Crippen molar-refractivity contribution in [3.63, 3.8) is 0 Å². The summed E-state index contributed by atoms with van der Waals surface area (Å²) in [6.07, 6.45) is 7.00. The summed E-state index contributed by atoms with van der Waals surface area (Å²) in [5.41, 5.74) is 0. The SMILES string of the molecule is [O]=[Cr](=[O])([OH])[O][Cr](=[O])(=[O])[OH].c1ccncc1.c1ccncc1. The Hall–Kier alpha value is -1.56. The van der Waals surface area contributed by atoms with Gasteiger partial charge in [0.2, 0.25) is 0 Å². The van der Waals surface area contributed by atoms with Crippen LogP contribution >= 0.6 is 0 Å². The molecule has 2 aromatic rings. The van der Waals surface area contributed by atoms with E-state index in [0.29, 0.717) is 0 Å². The van der Waals surface area contributed by atoms with Crippen LogP contribution in [0.25, 0.3) is 0 Å². The van der Waals surface area contributed by atoms with Gasteiger partial charge in [-0.05, 0) is 24.3 Å². The number of hydrogen-bond donors (Lipinski definition) is 2. The average molecular weight is 376 g/mol. The zero-order chi connectivity index (χ0) is 16.2. The fourth-order valence-corrected chi connectivity index (χ4v) is 2.47. The molecule has 2 rings (SSSR count). The van der Waals surface area contributed by atoms with Crippen molar-refractivity contribution in [1.29, 1.82) is 0 Å². The monoisotopic (exact) mass is 376 g/mol. The average Bonchev–Trinajstić information content (AvgIpc) is 2.40. The Morgan fingerprint density at radius 3 is 0.952 bits per heavy atom. The van der Waals surface area contributed by atoms with Crippen LogP contribution in [0.5, 0.6) is 0 Å². The summed E-state index contributed by atoms with van der Waals surface area (Å²) in [7, 11) is 0. The summed E-state index contributed by atoms with van der Waals surface area (Å²) in [6.45, 7) is 0. The standard InChI is InChI=1S/2C5H5N.2Cr.2H2O.5O/c2*1-2-4-6-5-3-1;;;;;;;;;/h2*1-5H;;;2*1H2;;;;;/q;;2*+1;;;;;;;/p-2. The van der Waals surface area contributed by atoms with Crippen LogP contribution in [0.2, 0.25) is 0 Å². The van der Waals surface area contributed by atoms with Gasteiger partial charge in [0.1, 0.15) is 0 Å². The summed E-state index contributed by atoms with van der Waals surface area (Å²) in [6, 6.07) is 11.4. The van der Waals surface area contributed by atoms with Crippen LogP contribution in [0.4, 0.5) is 0 Å². The molecule has 0 aliphatic carbocycles. The van der Waals surface area contributed by atoms with Crippen molar-refractivity contribution in [2.45, 2.75) is 0 Å². The molecule has 0 unspecified atom stereocenters. The van der Waals surface area contributed by atoms with E-state index in [2.05, 4.69) is 12.8 Å². The molecule has 0 atom stereocenters. The van der Waals surface area contributed by atoms with Crippen molar-refractivity contribution in [1.82, 2.24) is 9.97 Å². The van der Waals surface area contributed by atoms with Crippen molar-refractivity contribution in [2.75, 3.05) is 0 Å². The van der Waals surface area contributed by atoms with E-state index in [0.717, 1.165) is 0 Å². The molecule has 2 heterocycles. The van der Waals surface area contributed by atoms with Gasteiger partial charge >= 0.3 is 53.6 Å². The van der Waals surface area contributed by atoms with Gasteiger partial charge in [-0.25, -0.2) is 0 Å². The topological polar surface area (TPSA) is 144 Å². The van der Waals surface area contributed by atoms with Gasteiger partial charge in [-0.3, -0.25) is 9.97 Å². The zero-order valence-electron chi connectivity index (χ0n) is 10.4. The van der Waals surface area contributed by atoms with E-state index in [1.54, 1.807) is 24.8 Å². The second-order valence-corrected chi connectivity index (χ2v) is 6.73. The summed E-state index contributed by atoms with van der Waals surface area (Å²) < 4.78 is 56.3. The van der Waals surface area contributed by atoms with E-state index in [1.807, 2.05) is 36.4 Å². The molecule has 116 valence electrons. The van der Waals surface area contributed by atoms with Crippen molar-refractivity contribution in [3.05, 3.63) is 61.2 Å². The number of nitrogens with zero attached hydrogens (tertiary/aromatic N) is 2. The molecule has 0 radical (unpaired) electrons. The normalized spacial score (nSPS) is 10.4. The largest absolute Gasteiger partial charge is 0.265 e. The van der Waals surface area contributed by atoms with Crippen LogP contribution in [0.15, 0.2) is 61.2 Å². The van der Waals surface area contributed by atoms with Gasteiger partial charge in [-0.1, -0.05) is 12.1 Å². The second kappa shape index (κ2) is 10.2. The Morgan fingerprint density at radius 2 is 0.905 bits per heavy atom. The maximum Gasteiger partial charge on any atom is 0.0267 e. The van der Waals surface area contributed by atoms with Gasteiger partial charge in [0.15, 0.2) is 0 Å². The van der Waals surface area contributed by atoms with Crippen LogP contribution < -0.4 is 0 Å². The molecule has 21 heavy (non-hydrogen) atoms. The predicted octanol–water partition coefficient (Wildman–Crippen LogP) is 0.501. The molecular weight excluding hydrogens is 364 g/mol. The third-order valence-electron chi connectivity index (χ3n) is 1.30. The summed E-state index contributed by atoms with van der Waals surface area (Å²) >= 11 is -11.5. The molecule has 0 bridgehead atoms. The third kappa shape index (κ3) is 18.4. The van der Waals surface area contributed by atoms with Crippen LogP contribution in [0, 0.1) is 0 Å². The molecule has 0 aliphatic rings. The first-order valence-corrected chi connectivity index (χ1v) is 9.33. The van der Waals surface area contributed by atoms with Crippen LogP contribution in [0.1, 0.15) is 0 Å². The smallest absolute Gasteiger partial charge is 0.0267 e. The molecule has 0 amide bonds. The first-order chi connectivity index (χ1) is 9.71. The molecular formula is C10H12Cr2N2O7. The molecule has 2 N–H and O–H groups in total. The first-order valence-electron chi connectivity index (χ1n) is 5.06. The van der Waals surface area contributed by atoms with Gasteiger partial charge in [-0.15, -0.1) is 0 Å². The van der Waals surface area contributed by atoms with Crippen molar-refractivity contribution in [2.24, 2.45) is 0 Å². The first kappa shape index (κ1) is 19.4. The minimum absolute atomic E-state index is 1.75. The fourth-order valence-electron chi connectivity index (χ4n) is 0.734. The Labute approximate surface area is 125 Å². The van der Waals surface area contributed by atoms with Crippen molar-refractivity contribution >= 4 is 0 Å². The molecule has 0 aromatic carbocycles. The van der Waals surface area contributed by atoms with E-state index in [1.165, 1.54) is 0 Å². The van der Waals surface area contributed by atoms with Gasteiger partial charge in [0.05, 0.1) is 0 Å². The number of rotatable bonds is 2.